The van der Waals surface area contributed by atoms with Gasteiger partial charge in [0, 0.05) is 6.07 Å². The summed E-state index contributed by atoms with van der Waals surface area (Å²) >= 11 is 0. The highest BCUT2D eigenvalue weighted by molar-refractivity contribution is 7.86. The summed E-state index contributed by atoms with van der Waals surface area (Å²) in [6.07, 6.45) is 2.60. The Balaban J connectivity index is 2.71. The van der Waals surface area contributed by atoms with Gasteiger partial charge >= 0.3 is 15.8 Å². The highest BCUT2D eigenvalue weighted by Crippen LogP contribution is 2.32. The van der Waals surface area contributed by atoms with E-state index in [4.69, 9.17) is 9.95 Å². The molecule has 1 aromatic carbocycles. The molecule has 0 spiro atoms. The number of hydrogen-bond donors (Lipinski definition) is 1. The zero-order chi connectivity index (χ0) is 11.1. The maximum absolute atomic E-state index is 11.0. The Labute approximate surface area is 87.1 Å². The molecule has 1 aliphatic carbocycles. The Hall–Kier alpha value is -1.45. The molecular formula is C9H9N2O3S+. The van der Waals surface area contributed by atoms with Crippen LogP contribution in [-0.2, 0) is 23.0 Å². The lowest BCUT2D eigenvalue weighted by molar-refractivity contribution is 0.483. The molecule has 5 nitrogen and oxygen atoms in total. The monoisotopic (exact) mass is 225 g/mol. The van der Waals surface area contributed by atoms with Gasteiger partial charge < -0.3 is 0 Å². The highest BCUT2D eigenvalue weighted by Gasteiger charge is 2.28. The van der Waals surface area contributed by atoms with E-state index in [1.165, 1.54) is 12.1 Å². The molecule has 1 N–H and O–H groups in total. The molecule has 0 heterocycles. The van der Waals surface area contributed by atoms with Gasteiger partial charge in [-0.1, -0.05) is 0 Å². The van der Waals surface area contributed by atoms with E-state index in [9.17, 15) is 8.42 Å². The summed E-state index contributed by atoms with van der Waals surface area (Å²) in [7, 11) is -4.32. The Morgan fingerprint density at radius 1 is 1.27 bits per heavy atom. The molecule has 0 aromatic heterocycles. The SMILES string of the molecule is N#[N+]c1cc2c(cc1S(=O)(=O)O)CCC2. The molecule has 0 radical (unpaired) electrons. The second kappa shape index (κ2) is 3.29. The molecule has 6 heteroatoms. The normalized spacial score (nSPS) is 14.7. The van der Waals surface area contributed by atoms with Gasteiger partial charge in [0.25, 0.3) is 0 Å². The number of fused-ring (bicyclic) bond motifs is 1. The fourth-order valence-corrected chi connectivity index (χ4v) is 2.53. The lowest BCUT2D eigenvalue weighted by Crippen LogP contribution is -1.99. The molecule has 0 fully saturated rings. The van der Waals surface area contributed by atoms with Crippen LogP contribution in [0.2, 0.25) is 0 Å². The fraction of sp³-hybridized carbons (Fsp3) is 0.333. The quantitative estimate of drug-likeness (QED) is 0.584. The summed E-state index contributed by atoms with van der Waals surface area (Å²) in [5, 5.41) is 8.66. The standard InChI is InChI=1S/C9H8N2O3S/c10-11-8-4-6-2-1-3-7(6)5-9(8)15(12,13)14/h4-5H,1-3H2/p+1. The van der Waals surface area contributed by atoms with Crippen molar-refractivity contribution in [3.63, 3.8) is 0 Å². The van der Waals surface area contributed by atoms with Gasteiger partial charge in [-0.25, -0.2) is 0 Å². The van der Waals surface area contributed by atoms with Crippen LogP contribution in [-0.4, -0.2) is 13.0 Å². The van der Waals surface area contributed by atoms with Crippen molar-refractivity contribution < 1.29 is 13.0 Å². The molecule has 0 aliphatic heterocycles. The first-order valence-corrected chi connectivity index (χ1v) is 5.95. The largest absolute Gasteiger partial charge is 0.406 e. The number of aryl methyl sites for hydroxylation is 2. The molecule has 0 atom stereocenters. The van der Waals surface area contributed by atoms with E-state index < -0.39 is 10.1 Å². The van der Waals surface area contributed by atoms with Crippen LogP contribution in [0, 0.1) is 5.39 Å². The summed E-state index contributed by atoms with van der Waals surface area (Å²) in [6, 6.07) is 2.89. The zero-order valence-electron chi connectivity index (χ0n) is 7.84. The van der Waals surface area contributed by atoms with E-state index in [0.29, 0.717) is 0 Å². The van der Waals surface area contributed by atoms with Gasteiger partial charge in [0.2, 0.25) is 5.39 Å². The Kier molecular flexibility index (Phi) is 2.21. The number of rotatable bonds is 1. The Morgan fingerprint density at radius 3 is 2.40 bits per heavy atom. The summed E-state index contributed by atoms with van der Waals surface area (Å²) in [6.45, 7) is 0. The summed E-state index contributed by atoms with van der Waals surface area (Å²) in [4.78, 5) is 2.55. The Morgan fingerprint density at radius 2 is 1.87 bits per heavy atom. The minimum Gasteiger partial charge on any atom is -0.282 e. The number of hydrogen-bond acceptors (Lipinski definition) is 3. The summed E-state index contributed by atoms with van der Waals surface area (Å²) in [5.74, 6) is 0. The van der Waals surface area contributed by atoms with E-state index in [1.807, 2.05) is 0 Å². The van der Waals surface area contributed by atoms with Gasteiger partial charge in [0.15, 0.2) is 9.87 Å². The third kappa shape index (κ3) is 1.71. The van der Waals surface area contributed by atoms with E-state index in [2.05, 4.69) is 4.98 Å². The molecule has 0 amide bonds. The van der Waals surface area contributed by atoms with Crippen LogP contribution in [0.3, 0.4) is 0 Å². The average molecular weight is 225 g/mol. The van der Waals surface area contributed by atoms with Gasteiger partial charge in [-0.05, 0) is 36.5 Å². The predicted molar refractivity (Wildman–Crippen MR) is 53.0 cm³/mol. The third-order valence-corrected chi connectivity index (χ3v) is 3.44. The molecule has 2 rings (SSSR count). The maximum atomic E-state index is 11.0. The number of diazo groups is 1. The van der Waals surface area contributed by atoms with E-state index >= 15 is 0 Å². The van der Waals surface area contributed by atoms with Crippen LogP contribution >= 0.6 is 0 Å². The van der Waals surface area contributed by atoms with Crippen LogP contribution in [0.5, 0.6) is 0 Å². The first-order valence-electron chi connectivity index (χ1n) is 4.51. The summed E-state index contributed by atoms with van der Waals surface area (Å²) < 4.78 is 30.9. The van der Waals surface area contributed by atoms with Gasteiger partial charge in [-0.3, -0.25) is 4.55 Å². The zero-order valence-corrected chi connectivity index (χ0v) is 8.66. The second-order valence-electron chi connectivity index (χ2n) is 3.52. The molecule has 0 saturated heterocycles. The van der Waals surface area contributed by atoms with Gasteiger partial charge in [-0.15, -0.1) is 0 Å². The highest BCUT2D eigenvalue weighted by atomic mass is 32.2. The van der Waals surface area contributed by atoms with E-state index in [1.54, 1.807) is 0 Å². The van der Waals surface area contributed by atoms with Crippen molar-refractivity contribution in [2.75, 3.05) is 0 Å². The van der Waals surface area contributed by atoms with Crippen molar-refractivity contribution in [2.45, 2.75) is 24.2 Å². The Bertz CT molecular complexity index is 557. The lowest BCUT2D eigenvalue weighted by atomic mass is 10.1. The van der Waals surface area contributed by atoms with Crippen LogP contribution in [0.4, 0.5) is 5.69 Å². The van der Waals surface area contributed by atoms with Crippen molar-refractivity contribution in [3.05, 3.63) is 28.2 Å². The summed E-state index contributed by atoms with van der Waals surface area (Å²) in [5.41, 5.74) is 1.78. The second-order valence-corrected chi connectivity index (χ2v) is 4.91. The lowest BCUT2D eigenvalue weighted by Gasteiger charge is -1.98. The van der Waals surface area contributed by atoms with Crippen molar-refractivity contribution in [1.82, 2.24) is 0 Å². The minimum absolute atomic E-state index is 0.0989. The topological polar surface area (TPSA) is 82.5 Å². The number of benzene rings is 1. The molecule has 0 unspecified atom stereocenters. The molecule has 0 saturated carbocycles. The molecule has 0 bridgehead atoms. The predicted octanol–water partition coefficient (Wildman–Crippen LogP) is 1.91. The van der Waals surface area contributed by atoms with Crippen LogP contribution in [0.1, 0.15) is 17.5 Å². The fourth-order valence-electron chi connectivity index (χ4n) is 1.87. The maximum Gasteiger partial charge on any atom is 0.406 e. The van der Waals surface area contributed by atoms with Crippen LogP contribution < -0.4 is 0 Å². The van der Waals surface area contributed by atoms with Crippen molar-refractivity contribution >= 4 is 15.8 Å². The smallest absolute Gasteiger partial charge is 0.282 e. The van der Waals surface area contributed by atoms with Crippen LogP contribution in [0.25, 0.3) is 4.98 Å². The molecular weight excluding hydrogens is 216 g/mol. The van der Waals surface area contributed by atoms with E-state index in [0.717, 1.165) is 30.4 Å². The van der Waals surface area contributed by atoms with Crippen molar-refractivity contribution in [1.29, 1.82) is 5.39 Å². The van der Waals surface area contributed by atoms with Crippen molar-refractivity contribution in [2.24, 2.45) is 0 Å². The van der Waals surface area contributed by atoms with E-state index in [-0.39, 0.29) is 10.6 Å². The minimum atomic E-state index is -4.32. The molecule has 1 aromatic rings. The van der Waals surface area contributed by atoms with Crippen molar-refractivity contribution in [3.8, 4) is 0 Å². The third-order valence-electron chi connectivity index (χ3n) is 2.56. The van der Waals surface area contributed by atoms with Crippen LogP contribution in [0.15, 0.2) is 17.0 Å². The molecule has 1 aliphatic rings. The number of nitrogens with zero attached hydrogens (tertiary/aromatic N) is 2. The first-order chi connectivity index (χ1) is 7.02. The average Bonchev–Trinajstić information content (AvgIpc) is 2.60. The van der Waals surface area contributed by atoms with Gasteiger partial charge in [-0.2, -0.15) is 8.42 Å². The molecule has 15 heavy (non-hydrogen) atoms. The molecule has 78 valence electrons. The van der Waals surface area contributed by atoms with Gasteiger partial charge in [0.1, 0.15) is 0 Å². The first kappa shape index (κ1) is 10.1. The van der Waals surface area contributed by atoms with Gasteiger partial charge in [0.05, 0.1) is 0 Å².